The first-order chi connectivity index (χ1) is 13.6. The van der Waals surface area contributed by atoms with E-state index in [2.05, 4.69) is 15.4 Å². The van der Waals surface area contributed by atoms with E-state index >= 15 is 0 Å². The molecule has 0 amide bonds. The van der Waals surface area contributed by atoms with E-state index in [1.807, 2.05) is 37.4 Å². The molecule has 4 rings (SSSR count). The molecule has 144 valence electrons. The molecule has 0 bridgehead atoms. The Labute approximate surface area is 165 Å². The second-order valence-corrected chi connectivity index (χ2v) is 7.21. The summed E-state index contributed by atoms with van der Waals surface area (Å²) in [5.74, 6) is 1.32. The molecule has 0 fully saturated rings. The minimum absolute atomic E-state index is 0.290. The molecule has 0 aliphatic rings. The van der Waals surface area contributed by atoms with E-state index < -0.39 is 0 Å². The highest BCUT2D eigenvalue weighted by Crippen LogP contribution is 2.32. The molecule has 0 radical (unpaired) electrons. The van der Waals surface area contributed by atoms with E-state index in [9.17, 15) is 4.39 Å². The Hall–Kier alpha value is -2.97. The summed E-state index contributed by atoms with van der Waals surface area (Å²) in [7, 11) is 1.63. The molecule has 8 heteroatoms. The molecule has 0 aliphatic heterocycles. The molecule has 6 nitrogen and oxygen atoms in total. The van der Waals surface area contributed by atoms with Crippen LogP contribution in [0.4, 0.5) is 9.52 Å². The number of aromatic nitrogens is 3. The van der Waals surface area contributed by atoms with Crippen LogP contribution in [0.2, 0.25) is 0 Å². The lowest BCUT2D eigenvalue weighted by molar-refractivity contribution is 0.163. The summed E-state index contributed by atoms with van der Waals surface area (Å²) in [5, 5.41) is 8.64. The van der Waals surface area contributed by atoms with Crippen LogP contribution in [0, 0.1) is 12.7 Å². The summed E-state index contributed by atoms with van der Waals surface area (Å²) in [4.78, 5) is 5.54. The largest absolute Gasteiger partial charge is 0.462 e. The molecular weight excluding hydrogens is 379 g/mol. The highest BCUT2D eigenvalue weighted by Gasteiger charge is 2.13. The van der Waals surface area contributed by atoms with Gasteiger partial charge in [-0.05, 0) is 43.3 Å². The zero-order chi connectivity index (χ0) is 19.5. The number of nitrogens with one attached hydrogen (secondary N) is 1. The van der Waals surface area contributed by atoms with E-state index in [4.69, 9.17) is 9.15 Å². The molecular formula is C20H19FN4O2S. The van der Waals surface area contributed by atoms with Gasteiger partial charge in [-0.25, -0.2) is 14.1 Å². The maximum absolute atomic E-state index is 13.4. The second-order valence-electron chi connectivity index (χ2n) is 6.21. The lowest BCUT2D eigenvalue weighted by Crippen LogP contribution is -1.97. The van der Waals surface area contributed by atoms with Crippen molar-refractivity contribution in [2.45, 2.75) is 20.1 Å². The summed E-state index contributed by atoms with van der Waals surface area (Å²) in [6.07, 6.45) is 1.82. The molecule has 3 aromatic heterocycles. The van der Waals surface area contributed by atoms with Crippen LogP contribution in [0.25, 0.3) is 16.3 Å². The quantitative estimate of drug-likeness (QED) is 0.485. The molecule has 1 N–H and O–H groups in total. The Morgan fingerprint density at radius 2 is 2.07 bits per heavy atom. The van der Waals surface area contributed by atoms with Crippen LogP contribution in [-0.2, 0) is 17.9 Å². The molecule has 1 aromatic carbocycles. The highest BCUT2D eigenvalue weighted by molar-refractivity contribution is 7.19. The Morgan fingerprint density at radius 3 is 2.89 bits per heavy atom. The first-order valence-corrected chi connectivity index (χ1v) is 9.54. The number of halogens is 1. The number of thiazole rings is 1. The number of nitrogens with zero attached hydrogens (tertiary/aromatic N) is 3. The minimum Gasteiger partial charge on any atom is -0.462 e. The average Bonchev–Trinajstić information content (AvgIpc) is 3.40. The summed E-state index contributed by atoms with van der Waals surface area (Å²) in [6.45, 7) is 2.93. The Balaban J connectivity index is 1.48. The molecule has 3 heterocycles. The van der Waals surface area contributed by atoms with Crippen molar-refractivity contribution in [2.24, 2.45) is 0 Å². The van der Waals surface area contributed by atoms with Crippen molar-refractivity contribution in [3.63, 3.8) is 0 Å². The van der Waals surface area contributed by atoms with E-state index in [-0.39, 0.29) is 5.82 Å². The van der Waals surface area contributed by atoms with Gasteiger partial charge in [-0.3, -0.25) is 0 Å². The predicted octanol–water partition coefficient (Wildman–Crippen LogP) is 4.79. The van der Waals surface area contributed by atoms with E-state index in [1.165, 1.54) is 23.5 Å². The molecule has 0 spiro atoms. The van der Waals surface area contributed by atoms with Crippen molar-refractivity contribution >= 4 is 16.5 Å². The molecule has 0 aliphatic carbocycles. The fourth-order valence-electron chi connectivity index (χ4n) is 2.82. The summed E-state index contributed by atoms with van der Waals surface area (Å²) in [5.41, 5.74) is 2.36. The van der Waals surface area contributed by atoms with Gasteiger partial charge in [0, 0.05) is 13.3 Å². The smallest absolute Gasteiger partial charge is 0.183 e. The molecule has 0 atom stereocenters. The number of hydrogen-bond acceptors (Lipinski definition) is 6. The van der Waals surface area contributed by atoms with Crippen LogP contribution in [-0.4, -0.2) is 21.9 Å². The lowest BCUT2D eigenvalue weighted by atomic mass is 10.3. The van der Waals surface area contributed by atoms with Gasteiger partial charge >= 0.3 is 0 Å². The van der Waals surface area contributed by atoms with Crippen molar-refractivity contribution in [2.75, 3.05) is 12.4 Å². The number of methoxy groups -OCH3 is 1. The van der Waals surface area contributed by atoms with Crippen LogP contribution in [0.5, 0.6) is 0 Å². The number of anilines is 1. The van der Waals surface area contributed by atoms with Crippen LogP contribution in [0.3, 0.4) is 0 Å². The van der Waals surface area contributed by atoms with Crippen molar-refractivity contribution in [3.8, 4) is 16.3 Å². The number of furan rings is 1. The standard InChI is InChI=1S/C20H19FN4O2S/c1-13-19(18-8-9-25(24-18)15-5-3-4-14(21)10-15)28-20(23-13)22-11-16-6-7-17(27-16)12-26-2/h3-10H,11-12H2,1-2H3,(H,22,23). The van der Waals surface area contributed by atoms with Gasteiger partial charge in [-0.2, -0.15) is 5.10 Å². The van der Waals surface area contributed by atoms with Gasteiger partial charge in [0.1, 0.15) is 29.6 Å². The van der Waals surface area contributed by atoms with Gasteiger partial charge in [-0.1, -0.05) is 17.4 Å². The lowest BCUT2D eigenvalue weighted by Gasteiger charge is -2.00. The highest BCUT2D eigenvalue weighted by atomic mass is 32.1. The predicted molar refractivity (Wildman–Crippen MR) is 106 cm³/mol. The topological polar surface area (TPSA) is 65.1 Å². The number of rotatable bonds is 7. The van der Waals surface area contributed by atoms with Gasteiger partial charge in [0.2, 0.25) is 0 Å². The number of aryl methyl sites for hydroxylation is 1. The second kappa shape index (κ2) is 7.95. The normalized spacial score (nSPS) is 11.1. The van der Waals surface area contributed by atoms with Crippen molar-refractivity contribution < 1.29 is 13.5 Å². The van der Waals surface area contributed by atoms with Crippen LogP contribution < -0.4 is 5.32 Å². The van der Waals surface area contributed by atoms with E-state index in [0.717, 1.165) is 32.9 Å². The Morgan fingerprint density at radius 1 is 1.21 bits per heavy atom. The number of hydrogen-bond donors (Lipinski definition) is 1. The maximum Gasteiger partial charge on any atom is 0.183 e. The monoisotopic (exact) mass is 398 g/mol. The van der Waals surface area contributed by atoms with Crippen molar-refractivity contribution in [1.29, 1.82) is 0 Å². The molecule has 28 heavy (non-hydrogen) atoms. The third-order valence-electron chi connectivity index (χ3n) is 4.11. The summed E-state index contributed by atoms with van der Waals surface area (Å²) >= 11 is 1.52. The Bertz CT molecular complexity index is 1090. The summed E-state index contributed by atoms with van der Waals surface area (Å²) < 4.78 is 25.8. The van der Waals surface area contributed by atoms with Gasteiger partial charge < -0.3 is 14.5 Å². The maximum atomic E-state index is 13.4. The van der Waals surface area contributed by atoms with Crippen molar-refractivity contribution in [1.82, 2.24) is 14.8 Å². The van der Waals surface area contributed by atoms with E-state index in [1.54, 1.807) is 17.9 Å². The summed E-state index contributed by atoms with van der Waals surface area (Å²) in [6, 6.07) is 12.1. The van der Waals surface area contributed by atoms with Gasteiger partial charge in [0.15, 0.2) is 5.13 Å². The van der Waals surface area contributed by atoms with Crippen LogP contribution in [0.1, 0.15) is 17.2 Å². The van der Waals surface area contributed by atoms with Crippen LogP contribution in [0.15, 0.2) is 53.1 Å². The minimum atomic E-state index is -0.290. The average molecular weight is 398 g/mol. The third-order valence-corrected chi connectivity index (χ3v) is 5.25. The fraction of sp³-hybridized carbons (Fsp3) is 0.200. The SMILES string of the molecule is COCc1ccc(CNc2nc(C)c(-c3ccn(-c4cccc(F)c4)n3)s2)o1. The first kappa shape index (κ1) is 18.4. The molecule has 0 saturated carbocycles. The molecule has 0 unspecified atom stereocenters. The van der Waals surface area contributed by atoms with Gasteiger partial charge in [0.05, 0.1) is 22.8 Å². The zero-order valence-corrected chi connectivity index (χ0v) is 16.3. The van der Waals surface area contributed by atoms with E-state index in [0.29, 0.717) is 18.8 Å². The van der Waals surface area contributed by atoms with Crippen LogP contribution >= 0.6 is 11.3 Å². The number of ether oxygens (including phenoxy) is 1. The third kappa shape index (κ3) is 3.97. The first-order valence-electron chi connectivity index (χ1n) is 8.72. The fourth-order valence-corrected chi connectivity index (χ4v) is 3.74. The molecule has 4 aromatic rings. The zero-order valence-electron chi connectivity index (χ0n) is 15.5. The number of benzene rings is 1. The van der Waals surface area contributed by atoms with Gasteiger partial charge in [-0.15, -0.1) is 0 Å². The molecule has 0 saturated heterocycles. The van der Waals surface area contributed by atoms with Gasteiger partial charge in [0.25, 0.3) is 0 Å². The Kier molecular flexibility index (Phi) is 5.23. The van der Waals surface area contributed by atoms with Crippen molar-refractivity contribution in [3.05, 3.63) is 71.7 Å².